The Morgan fingerprint density at radius 2 is 1.83 bits per heavy atom. The van der Waals surface area contributed by atoms with E-state index in [1.54, 1.807) is 11.0 Å². The lowest BCUT2D eigenvalue weighted by molar-refractivity contribution is -0.141. The van der Waals surface area contributed by atoms with E-state index in [0.717, 1.165) is 16.7 Å². The predicted molar refractivity (Wildman–Crippen MR) is 109 cm³/mol. The van der Waals surface area contributed by atoms with E-state index in [9.17, 15) is 14.4 Å². The first-order valence-electron chi connectivity index (χ1n) is 9.55. The third kappa shape index (κ3) is 5.42. The van der Waals surface area contributed by atoms with Gasteiger partial charge in [0.25, 0.3) is 0 Å². The molecule has 3 amide bonds. The molecule has 152 valence electrons. The van der Waals surface area contributed by atoms with Crippen LogP contribution in [0.1, 0.15) is 22.8 Å². The number of amides is 3. The topological polar surface area (TPSA) is 87.7 Å². The minimum absolute atomic E-state index is 0.197. The lowest BCUT2D eigenvalue weighted by Gasteiger charge is -2.33. The van der Waals surface area contributed by atoms with Gasteiger partial charge in [-0.05, 0) is 36.6 Å². The van der Waals surface area contributed by atoms with Crippen molar-refractivity contribution in [2.45, 2.75) is 20.0 Å². The zero-order chi connectivity index (χ0) is 20.8. The van der Waals surface area contributed by atoms with Crippen LogP contribution in [0.4, 0.5) is 5.69 Å². The van der Waals surface area contributed by atoms with E-state index in [2.05, 4.69) is 10.6 Å². The van der Waals surface area contributed by atoms with Crippen molar-refractivity contribution in [3.63, 3.8) is 0 Å². The van der Waals surface area contributed by atoms with Crippen molar-refractivity contribution in [3.05, 3.63) is 65.2 Å². The van der Waals surface area contributed by atoms with E-state index >= 15 is 0 Å². The van der Waals surface area contributed by atoms with Gasteiger partial charge in [-0.3, -0.25) is 14.4 Å². The number of ether oxygens (including phenoxy) is 1. The van der Waals surface area contributed by atoms with E-state index in [1.165, 1.54) is 0 Å². The smallest absolute Gasteiger partial charge is 0.313 e. The van der Waals surface area contributed by atoms with Gasteiger partial charge in [-0.2, -0.15) is 0 Å². The maximum Gasteiger partial charge on any atom is 0.313 e. The second-order valence-electron chi connectivity index (χ2n) is 7.07. The molecule has 0 aromatic heterocycles. The molecule has 7 heteroatoms. The molecule has 1 aliphatic rings. The van der Waals surface area contributed by atoms with Gasteiger partial charge in [-0.15, -0.1) is 0 Å². The summed E-state index contributed by atoms with van der Waals surface area (Å²) in [4.78, 5) is 38.4. The Balaban J connectivity index is 1.51. The van der Waals surface area contributed by atoms with Crippen LogP contribution in [-0.4, -0.2) is 48.9 Å². The number of hydrogen-bond acceptors (Lipinski definition) is 4. The highest BCUT2D eigenvalue weighted by Gasteiger charge is 2.26. The van der Waals surface area contributed by atoms with Gasteiger partial charge in [-0.25, -0.2) is 0 Å². The monoisotopic (exact) mass is 395 g/mol. The number of hydrogen-bond donors (Lipinski definition) is 2. The first-order valence-corrected chi connectivity index (χ1v) is 9.55. The highest BCUT2D eigenvalue weighted by Crippen LogP contribution is 2.21. The number of anilines is 1. The van der Waals surface area contributed by atoms with E-state index < -0.39 is 11.8 Å². The van der Waals surface area contributed by atoms with Crippen LogP contribution < -0.4 is 10.6 Å². The Morgan fingerprint density at radius 1 is 1.07 bits per heavy atom. The average Bonchev–Trinajstić information content (AvgIpc) is 2.75. The summed E-state index contributed by atoms with van der Waals surface area (Å²) in [5.74, 6) is -1.88. The molecule has 3 rings (SSSR count). The molecular formula is C22H25N3O4. The molecule has 2 N–H and O–H groups in total. The standard InChI is InChI=1S/C22H25N3O4/c1-15-8-9-16(2)18(12-15)24-22(28)21(27)23-13-20(26)25-10-11-29-19(14-25)17-6-4-3-5-7-17/h3-9,12,19H,10-11,13-14H2,1-2H3,(H,23,27)(H,24,28). The molecule has 0 bridgehead atoms. The summed E-state index contributed by atoms with van der Waals surface area (Å²) in [6.07, 6.45) is -0.197. The molecule has 1 unspecified atom stereocenters. The number of carbonyl (C=O) groups is 3. The second kappa shape index (κ2) is 9.34. The molecule has 0 aliphatic carbocycles. The van der Waals surface area contributed by atoms with Gasteiger partial charge in [0.1, 0.15) is 6.10 Å². The Kier molecular flexibility index (Phi) is 6.61. The summed E-state index contributed by atoms with van der Waals surface area (Å²) in [7, 11) is 0. The third-order valence-corrected chi connectivity index (χ3v) is 4.84. The summed E-state index contributed by atoms with van der Waals surface area (Å²) >= 11 is 0. The predicted octanol–water partition coefficient (Wildman–Crippen LogP) is 1.96. The van der Waals surface area contributed by atoms with Gasteiger partial charge in [0.15, 0.2) is 0 Å². The fourth-order valence-electron chi connectivity index (χ4n) is 3.14. The van der Waals surface area contributed by atoms with Crippen LogP contribution in [0.5, 0.6) is 0 Å². The van der Waals surface area contributed by atoms with Gasteiger partial charge in [0.2, 0.25) is 5.91 Å². The lowest BCUT2D eigenvalue weighted by atomic mass is 10.1. The molecule has 1 heterocycles. The van der Waals surface area contributed by atoms with Crippen LogP contribution in [0, 0.1) is 13.8 Å². The van der Waals surface area contributed by atoms with Gasteiger partial charge in [-0.1, -0.05) is 42.5 Å². The van der Waals surface area contributed by atoms with Gasteiger partial charge < -0.3 is 20.3 Å². The molecule has 1 fully saturated rings. The molecule has 0 radical (unpaired) electrons. The highest BCUT2D eigenvalue weighted by atomic mass is 16.5. The van der Waals surface area contributed by atoms with E-state index in [1.807, 2.05) is 56.3 Å². The Morgan fingerprint density at radius 3 is 2.59 bits per heavy atom. The molecule has 0 spiro atoms. The largest absolute Gasteiger partial charge is 0.370 e. The minimum atomic E-state index is -0.841. The molecule has 1 saturated heterocycles. The molecule has 1 aliphatic heterocycles. The zero-order valence-electron chi connectivity index (χ0n) is 16.6. The third-order valence-electron chi connectivity index (χ3n) is 4.84. The van der Waals surface area contributed by atoms with E-state index in [0.29, 0.717) is 25.4 Å². The van der Waals surface area contributed by atoms with Crippen molar-refractivity contribution in [2.75, 3.05) is 31.6 Å². The molecule has 29 heavy (non-hydrogen) atoms. The van der Waals surface area contributed by atoms with Crippen LogP contribution in [0.25, 0.3) is 0 Å². The number of rotatable bonds is 4. The fraction of sp³-hybridized carbons (Fsp3) is 0.318. The Hall–Kier alpha value is -3.19. The van der Waals surface area contributed by atoms with Crippen molar-refractivity contribution in [1.29, 1.82) is 0 Å². The Bertz CT molecular complexity index is 898. The van der Waals surface area contributed by atoms with Crippen LogP contribution in [0.3, 0.4) is 0 Å². The van der Waals surface area contributed by atoms with E-state index in [4.69, 9.17) is 4.74 Å². The summed E-state index contributed by atoms with van der Waals surface area (Å²) in [6, 6.07) is 15.3. The van der Waals surface area contributed by atoms with Crippen molar-refractivity contribution >= 4 is 23.4 Å². The SMILES string of the molecule is Cc1ccc(C)c(NC(=O)C(=O)NCC(=O)N2CCOC(c3ccccc3)C2)c1. The molecule has 7 nitrogen and oxygen atoms in total. The first-order chi connectivity index (χ1) is 13.9. The quantitative estimate of drug-likeness (QED) is 0.775. The number of aryl methyl sites for hydroxylation is 2. The summed E-state index contributed by atoms with van der Waals surface area (Å²) in [6.45, 7) is 4.80. The molecular weight excluding hydrogens is 370 g/mol. The number of nitrogens with one attached hydrogen (secondary N) is 2. The molecule has 2 aromatic rings. The summed E-state index contributed by atoms with van der Waals surface area (Å²) < 4.78 is 5.75. The Labute approximate surface area is 170 Å². The van der Waals surface area contributed by atoms with Gasteiger partial charge in [0, 0.05) is 12.2 Å². The average molecular weight is 395 g/mol. The number of benzene rings is 2. The second-order valence-corrected chi connectivity index (χ2v) is 7.07. The van der Waals surface area contributed by atoms with Gasteiger partial charge in [0.05, 0.1) is 19.7 Å². The lowest BCUT2D eigenvalue weighted by Crippen LogP contribution is -2.48. The van der Waals surface area contributed by atoms with Crippen LogP contribution >= 0.6 is 0 Å². The number of carbonyl (C=O) groups excluding carboxylic acids is 3. The van der Waals surface area contributed by atoms with Crippen LogP contribution in [0.15, 0.2) is 48.5 Å². The maximum absolute atomic E-state index is 12.5. The molecule has 2 aromatic carbocycles. The number of nitrogens with zero attached hydrogens (tertiary/aromatic N) is 1. The zero-order valence-corrected chi connectivity index (χ0v) is 16.6. The highest BCUT2D eigenvalue weighted by molar-refractivity contribution is 6.40. The van der Waals surface area contributed by atoms with Crippen molar-refractivity contribution in [1.82, 2.24) is 10.2 Å². The van der Waals surface area contributed by atoms with Crippen molar-refractivity contribution < 1.29 is 19.1 Å². The van der Waals surface area contributed by atoms with Crippen molar-refractivity contribution in [2.24, 2.45) is 0 Å². The van der Waals surface area contributed by atoms with Crippen LogP contribution in [0.2, 0.25) is 0 Å². The summed E-state index contributed by atoms with van der Waals surface area (Å²) in [5.41, 5.74) is 3.41. The number of morpholine rings is 1. The van der Waals surface area contributed by atoms with E-state index in [-0.39, 0.29) is 18.6 Å². The first kappa shape index (κ1) is 20.5. The maximum atomic E-state index is 12.5. The normalized spacial score (nSPS) is 16.2. The van der Waals surface area contributed by atoms with Gasteiger partial charge >= 0.3 is 11.8 Å². The fourth-order valence-corrected chi connectivity index (χ4v) is 3.14. The van der Waals surface area contributed by atoms with Crippen molar-refractivity contribution in [3.8, 4) is 0 Å². The molecule has 0 saturated carbocycles. The minimum Gasteiger partial charge on any atom is -0.370 e. The summed E-state index contributed by atoms with van der Waals surface area (Å²) in [5, 5.41) is 4.99. The van der Waals surface area contributed by atoms with Crippen LogP contribution in [-0.2, 0) is 19.1 Å². The molecule has 1 atom stereocenters.